The standard InChI is InChI=1S/C19H25NO2/c1-15-5-7-16(8-6-15)9-10-18(21)20-13-12-19(22)11-3-2-4-17(19)14-20/h5-10,17,22H,2-4,11-14H2,1H3/b10-9+/t17-,19-/m0/s1. The van der Waals surface area contributed by atoms with Gasteiger partial charge in [-0.15, -0.1) is 0 Å². The van der Waals surface area contributed by atoms with E-state index in [0.29, 0.717) is 13.1 Å². The summed E-state index contributed by atoms with van der Waals surface area (Å²) in [7, 11) is 0. The van der Waals surface area contributed by atoms with Crippen LogP contribution in [0.15, 0.2) is 30.3 Å². The minimum atomic E-state index is -0.518. The van der Waals surface area contributed by atoms with E-state index in [4.69, 9.17) is 0 Å². The number of hydrogen-bond donors (Lipinski definition) is 1. The van der Waals surface area contributed by atoms with Gasteiger partial charge in [0, 0.05) is 25.1 Å². The Kier molecular flexibility index (Phi) is 4.34. The van der Waals surface area contributed by atoms with Crippen LogP contribution in [-0.2, 0) is 4.79 Å². The first-order chi connectivity index (χ1) is 10.6. The van der Waals surface area contributed by atoms with Gasteiger partial charge in [0.1, 0.15) is 0 Å². The zero-order chi connectivity index (χ0) is 15.6. The van der Waals surface area contributed by atoms with Crippen LogP contribution in [0.3, 0.4) is 0 Å². The van der Waals surface area contributed by atoms with Crippen molar-refractivity contribution in [1.82, 2.24) is 4.90 Å². The van der Waals surface area contributed by atoms with Gasteiger partial charge in [0.25, 0.3) is 0 Å². The number of hydrogen-bond acceptors (Lipinski definition) is 2. The second kappa shape index (κ2) is 6.25. The average molecular weight is 299 g/mol. The molecule has 3 nitrogen and oxygen atoms in total. The molecule has 2 fully saturated rings. The fourth-order valence-electron chi connectivity index (χ4n) is 3.72. The Morgan fingerprint density at radius 3 is 2.82 bits per heavy atom. The number of benzene rings is 1. The number of carbonyl (C=O) groups is 1. The average Bonchev–Trinajstić information content (AvgIpc) is 2.53. The molecule has 1 amide bonds. The Morgan fingerprint density at radius 2 is 2.05 bits per heavy atom. The Hall–Kier alpha value is -1.61. The van der Waals surface area contributed by atoms with Gasteiger partial charge in [0.15, 0.2) is 0 Å². The van der Waals surface area contributed by atoms with E-state index >= 15 is 0 Å². The molecule has 1 heterocycles. The summed E-state index contributed by atoms with van der Waals surface area (Å²) in [5.41, 5.74) is 1.75. The molecule has 118 valence electrons. The van der Waals surface area contributed by atoms with Crippen LogP contribution in [0, 0.1) is 12.8 Å². The van der Waals surface area contributed by atoms with E-state index in [2.05, 4.69) is 6.92 Å². The summed E-state index contributed by atoms with van der Waals surface area (Å²) in [6, 6.07) is 8.14. The summed E-state index contributed by atoms with van der Waals surface area (Å²) >= 11 is 0. The SMILES string of the molecule is Cc1ccc(/C=C/C(=O)N2CC[C@@]3(O)CCCC[C@H]3C2)cc1. The summed E-state index contributed by atoms with van der Waals surface area (Å²) < 4.78 is 0. The number of carbonyl (C=O) groups excluding carboxylic acids is 1. The maximum absolute atomic E-state index is 12.4. The topological polar surface area (TPSA) is 40.5 Å². The van der Waals surface area contributed by atoms with Crippen LogP contribution in [-0.4, -0.2) is 34.6 Å². The monoisotopic (exact) mass is 299 g/mol. The number of piperidine rings is 1. The summed E-state index contributed by atoms with van der Waals surface area (Å²) in [6.07, 6.45) is 8.51. The van der Waals surface area contributed by atoms with Crippen molar-refractivity contribution >= 4 is 12.0 Å². The second-order valence-electron chi connectivity index (χ2n) is 6.82. The van der Waals surface area contributed by atoms with Gasteiger partial charge in [-0.2, -0.15) is 0 Å². The quantitative estimate of drug-likeness (QED) is 0.852. The van der Waals surface area contributed by atoms with Crippen molar-refractivity contribution in [2.45, 2.75) is 44.6 Å². The summed E-state index contributed by atoms with van der Waals surface area (Å²) in [4.78, 5) is 14.3. The smallest absolute Gasteiger partial charge is 0.246 e. The molecule has 0 aromatic heterocycles. The van der Waals surface area contributed by atoms with E-state index < -0.39 is 5.60 Å². The molecular formula is C19H25NO2. The molecule has 1 saturated heterocycles. The van der Waals surface area contributed by atoms with Crippen LogP contribution in [0.4, 0.5) is 0 Å². The molecule has 1 aliphatic heterocycles. The van der Waals surface area contributed by atoms with Crippen molar-refractivity contribution < 1.29 is 9.90 Å². The molecule has 2 aliphatic rings. The highest BCUT2D eigenvalue weighted by molar-refractivity contribution is 5.91. The Bertz CT molecular complexity index is 563. The summed E-state index contributed by atoms with van der Waals surface area (Å²) in [5, 5.41) is 10.7. The fourth-order valence-corrected chi connectivity index (χ4v) is 3.72. The third-order valence-electron chi connectivity index (χ3n) is 5.24. The molecular weight excluding hydrogens is 274 g/mol. The molecule has 0 bridgehead atoms. The second-order valence-corrected chi connectivity index (χ2v) is 6.82. The lowest BCUT2D eigenvalue weighted by Crippen LogP contribution is -2.54. The molecule has 22 heavy (non-hydrogen) atoms. The molecule has 3 heteroatoms. The highest BCUT2D eigenvalue weighted by Crippen LogP contribution is 2.39. The van der Waals surface area contributed by atoms with Gasteiger partial charge in [-0.1, -0.05) is 42.7 Å². The molecule has 1 aromatic carbocycles. The minimum absolute atomic E-state index is 0.0631. The lowest BCUT2D eigenvalue weighted by atomic mass is 9.71. The first-order valence-corrected chi connectivity index (χ1v) is 8.33. The first kappa shape index (κ1) is 15.3. The third kappa shape index (κ3) is 3.25. The van der Waals surface area contributed by atoms with Gasteiger partial charge in [-0.3, -0.25) is 4.79 Å². The molecule has 3 rings (SSSR count). The van der Waals surface area contributed by atoms with Crippen LogP contribution in [0.5, 0.6) is 0 Å². The van der Waals surface area contributed by atoms with Crippen molar-refractivity contribution in [3.8, 4) is 0 Å². The number of nitrogens with zero attached hydrogens (tertiary/aromatic N) is 1. The molecule has 0 radical (unpaired) electrons. The van der Waals surface area contributed by atoms with Crippen molar-refractivity contribution in [1.29, 1.82) is 0 Å². The fraction of sp³-hybridized carbons (Fsp3) is 0.526. The number of aryl methyl sites for hydroxylation is 1. The molecule has 0 spiro atoms. The van der Waals surface area contributed by atoms with Crippen molar-refractivity contribution in [3.63, 3.8) is 0 Å². The van der Waals surface area contributed by atoms with E-state index in [1.807, 2.05) is 35.2 Å². The molecule has 1 aliphatic carbocycles. The Labute approximate surface area is 132 Å². The predicted octanol–water partition coefficient (Wildman–Crippen LogP) is 3.16. The van der Waals surface area contributed by atoms with Gasteiger partial charge in [-0.25, -0.2) is 0 Å². The minimum Gasteiger partial charge on any atom is -0.389 e. The molecule has 2 atom stereocenters. The van der Waals surface area contributed by atoms with Gasteiger partial charge in [0.2, 0.25) is 5.91 Å². The third-order valence-corrected chi connectivity index (χ3v) is 5.24. The normalized spacial score (nSPS) is 28.6. The first-order valence-electron chi connectivity index (χ1n) is 8.33. The zero-order valence-electron chi connectivity index (χ0n) is 13.3. The van der Waals surface area contributed by atoms with Gasteiger partial charge < -0.3 is 10.0 Å². The number of amides is 1. The molecule has 1 aromatic rings. The Morgan fingerprint density at radius 1 is 1.27 bits per heavy atom. The number of fused-ring (bicyclic) bond motifs is 1. The van der Waals surface area contributed by atoms with Crippen LogP contribution >= 0.6 is 0 Å². The number of likely N-dealkylation sites (tertiary alicyclic amines) is 1. The predicted molar refractivity (Wildman–Crippen MR) is 88.3 cm³/mol. The number of rotatable bonds is 2. The number of aliphatic hydroxyl groups is 1. The van der Waals surface area contributed by atoms with Crippen LogP contribution in [0.2, 0.25) is 0 Å². The van der Waals surface area contributed by atoms with Gasteiger partial charge >= 0.3 is 0 Å². The van der Waals surface area contributed by atoms with Crippen LogP contribution in [0.1, 0.15) is 43.2 Å². The van der Waals surface area contributed by atoms with E-state index in [0.717, 1.165) is 31.2 Å². The van der Waals surface area contributed by atoms with Gasteiger partial charge in [0.05, 0.1) is 5.60 Å². The van der Waals surface area contributed by atoms with Crippen molar-refractivity contribution in [3.05, 3.63) is 41.5 Å². The molecule has 0 unspecified atom stereocenters. The largest absolute Gasteiger partial charge is 0.389 e. The highest BCUT2D eigenvalue weighted by atomic mass is 16.3. The van der Waals surface area contributed by atoms with Crippen LogP contribution < -0.4 is 0 Å². The maximum Gasteiger partial charge on any atom is 0.246 e. The summed E-state index contributed by atoms with van der Waals surface area (Å²) in [6.45, 7) is 3.43. The van der Waals surface area contributed by atoms with E-state index in [9.17, 15) is 9.90 Å². The van der Waals surface area contributed by atoms with Crippen molar-refractivity contribution in [2.75, 3.05) is 13.1 Å². The van der Waals surface area contributed by atoms with E-state index in [-0.39, 0.29) is 11.8 Å². The molecule has 1 saturated carbocycles. The zero-order valence-corrected chi connectivity index (χ0v) is 13.3. The lowest BCUT2D eigenvalue weighted by Gasteiger charge is -2.47. The molecule has 1 N–H and O–H groups in total. The van der Waals surface area contributed by atoms with E-state index in [1.54, 1.807) is 6.08 Å². The van der Waals surface area contributed by atoms with Crippen LogP contribution in [0.25, 0.3) is 6.08 Å². The van der Waals surface area contributed by atoms with Crippen molar-refractivity contribution in [2.24, 2.45) is 5.92 Å². The maximum atomic E-state index is 12.4. The lowest BCUT2D eigenvalue weighted by molar-refractivity contribution is -0.138. The Balaban J connectivity index is 1.62. The highest BCUT2D eigenvalue weighted by Gasteiger charge is 2.43. The van der Waals surface area contributed by atoms with E-state index in [1.165, 1.54) is 12.0 Å². The summed E-state index contributed by atoms with van der Waals surface area (Å²) in [5.74, 6) is 0.319. The van der Waals surface area contributed by atoms with Gasteiger partial charge in [-0.05, 0) is 37.8 Å².